The van der Waals surface area contributed by atoms with Crippen molar-refractivity contribution in [1.82, 2.24) is 0 Å². The van der Waals surface area contributed by atoms with Crippen molar-refractivity contribution in [2.75, 3.05) is 0 Å². The van der Waals surface area contributed by atoms with Gasteiger partial charge in [-0.1, -0.05) is 19.1 Å². The molecule has 1 nitrogen and oxygen atoms in total. The number of rotatable bonds is 2. The number of aliphatic hydroxyl groups excluding tert-OH is 1. The van der Waals surface area contributed by atoms with Crippen LogP contribution >= 0.6 is 0 Å². The molecule has 0 spiro atoms. The molecule has 0 saturated carbocycles. The molecule has 1 heteroatoms. The minimum Gasteiger partial charge on any atom is -0.515 e. The monoisotopic (exact) mass is 112 g/mol. The molecule has 0 aliphatic carbocycles. The van der Waals surface area contributed by atoms with Crippen molar-refractivity contribution in [2.45, 2.75) is 20.3 Å². The molecule has 0 aliphatic rings. The quantitative estimate of drug-likeness (QED) is 0.429. The second kappa shape index (κ2) is 4.44. The molecule has 8 heavy (non-hydrogen) atoms. The van der Waals surface area contributed by atoms with Gasteiger partial charge in [0, 0.05) is 0 Å². The minimum atomic E-state index is 0.895. The van der Waals surface area contributed by atoms with Crippen molar-refractivity contribution in [2.24, 2.45) is 0 Å². The largest absolute Gasteiger partial charge is 0.515 e. The van der Waals surface area contributed by atoms with Gasteiger partial charge in [0.2, 0.25) is 0 Å². The minimum absolute atomic E-state index is 0.895. The van der Waals surface area contributed by atoms with Crippen molar-refractivity contribution in [1.29, 1.82) is 0 Å². The molecule has 0 rings (SSSR count). The summed E-state index contributed by atoms with van der Waals surface area (Å²) >= 11 is 0. The van der Waals surface area contributed by atoms with Crippen molar-refractivity contribution >= 4 is 0 Å². The van der Waals surface area contributed by atoms with Gasteiger partial charge in [0.05, 0.1) is 6.26 Å². The maximum Gasteiger partial charge on any atom is 0.0820 e. The second-order valence-electron chi connectivity index (χ2n) is 1.68. The van der Waals surface area contributed by atoms with Crippen LogP contribution in [0.15, 0.2) is 24.0 Å². The first-order valence-electron chi connectivity index (χ1n) is 2.78. The smallest absolute Gasteiger partial charge is 0.0820 e. The van der Waals surface area contributed by atoms with Crippen LogP contribution in [0.3, 0.4) is 0 Å². The summed E-state index contributed by atoms with van der Waals surface area (Å²) in [6.45, 7) is 3.91. The van der Waals surface area contributed by atoms with E-state index in [4.69, 9.17) is 5.11 Å². The van der Waals surface area contributed by atoms with Crippen LogP contribution in [0.4, 0.5) is 0 Å². The highest BCUT2D eigenvalue weighted by Gasteiger charge is 1.74. The number of aliphatic hydroxyl groups is 1. The molecule has 0 aliphatic heterocycles. The average molecular weight is 112 g/mol. The lowest BCUT2D eigenvalue weighted by atomic mass is 10.3. The van der Waals surface area contributed by atoms with Crippen molar-refractivity contribution < 1.29 is 5.11 Å². The Morgan fingerprint density at radius 2 is 2.25 bits per heavy atom. The SMILES string of the molecule is CCC=CC(C)=CO. The first kappa shape index (κ1) is 7.28. The van der Waals surface area contributed by atoms with Gasteiger partial charge in [0.15, 0.2) is 0 Å². The summed E-state index contributed by atoms with van der Waals surface area (Å²) < 4.78 is 0. The van der Waals surface area contributed by atoms with E-state index < -0.39 is 0 Å². The van der Waals surface area contributed by atoms with Crippen LogP contribution < -0.4 is 0 Å². The molecule has 0 saturated heterocycles. The van der Waals surface area contributed by atoms with E-state index in [0.717, 1.165) is 18.3 Å². The molecule has 0 atom stereocenters. The highest BCUT2D eigenvalue weighted by molar-refractivity contribution is 5.12. The zero-order valence-electron chi connectivity index (χ0n) is 5.39. The molecular formula is C7H12O. The molecular weight excluding hydrogens is 100 g/mol. The molecule has 0 aromatic heterocycles. The Labute approximate surface area is 50.3 Å². The maximum atomic E-state index is 8.35. The Bertz CT molecular complexity index is 101. The van der Waals surface area contributed by atoms with E-state index in [1.807, 2.05) is 19.1 Å². The second-order valence-corrected chi connectivity index (χ2v) is 1.68. The number of hydrogen-bond acceptors (Lipinski definition) is 1. The molecule has 0 aromatic rings. The predicted octanol–water partition coefficient (Wildman–Crippen LogP) is 2.41. The Hall–Kier alpha value is -0.720. The summed E-state index contributed by atoms with van der Waals surface area (Å²) in [4.78, 5) is 0. The van der Waals surface area contributed by atoms with Crippen molar-refractivity contribution in [3.63, 3.8) is 0 Å². The predicted molar refractivity (Wildman–Crippen MR) is 35.8 cm³/mol. The number of allylic oxidation sites excluding steroid dienone is 3. The van der Waals surface area contributed by atoms with Gasteiger partial charge in [-0.3, -0.25) is 0 Å². The van der Waals surface area contributed by atoms with Gasteiger partial charge in [-0.15, -0.1) is 0 Å². The van der Waals surface area contributed by atoms with Gasteiger partial charge in [0.25, 0.3) is 0 Å². The van der Waals surface area contributed by atoms with E-state index in [9.17, 15) is 0 Å². The fourth-order valence-electron chi connectivity index (χ4n) is 0.347. The van der Waals surface area contributed by atoms with Crippen LogP contribution in [0, 0.1) is 0 Å². The molecule has 0 amide bonds. The Kier molecular flexibility index (Phi) is 4.04. The third-order valence-corrected chi connectivity index (χ3v) is 0.820. The van der Waals surface area contributed by atoms with Crippen LogP contribution in [0.1, 0.15) is 20.3 Å². The molecule has 1 N–H and O–H groups in total. The Balaban J connectivity index is 3.53. The topological polar surface area (TPSA) is 20.2 Å². The standard InChI is InChI=1S/C7H12O/c1-3-4-5-7(2)6-8/h4-6,8H,3H2,1-2H3. The molecule has 0 heterocycles. The van der Waals surface area contributed by atoms with Gasteiger partial charge >= 0.3 is 0 Å². The van der Waals surface area contributed by atoms with E-state index in [0.29, 0.717) is 0 Å². The third kappa shape index (κ3) is 3.47. The van der Waals surface area contributed by atoms with Gasteiger partial charge in [-0.25, -0.2) is 0 Å². The van der Waals surface area contributed by atoms with Crippen molar-refractivity contribution in [3.05, 3.63) is 24.0 Å². The van der Waals surface area contributed by atoms with E-state index >= 15 is 0 Å². The van der Waals surface area contributed by atoms with E-state index in [2.05, 4.69) is 6.92 Å². The maximum absolute atomic E-state index is 8.35. The third-order valence-electron chi connectivity index (χ3n) is 0.820. The van der Waals surface area contributed by atoms with Crippen LogP contribution in [-0.2, 0) is 0 Å². The van der Waals surface area contributed by atoms with Gasteiger partial charge < -0.3 is 5.11 Å². The zero-order valence-corrected chi connectivity index (χ0v) is 5.39. The summed E-state index contributed by atoms with van der Waals surface area (Å²) in [5, 5.41) is 8.35. The molecule has 0 radical (unpaired) electrons. The molecule has 0 unspecified atom stereocenters. The summed E-state index contributed by atoms with van der Waals surface area (Å²) in [6.07, 6.45) is 6.01. The van der Waals surface area contributed by atoms with Gasteiger partial charge in [-0.05, 0) is 18.9 Å². The summed E-state index contributed by atoms with van der Waals surface area (Å²) in [5.74, 6) is 0. The highest BCUT2D eigenvalue weighted by atomic mass is 16.2. The Morgan fingerprint density at radius 3 is 2.62 bits per heavy atom. The van der Waals surface area contributed by atoms with Crippen LogP contribution in [0.25, 0.3) is 0 Å². The van der Waals surface area contributed by atoms with Gasteiger partial charge in [0.1, 0.15) is 0 Å². The lowest BCUT2D eigenvalue weighted by Gasteiger charge is -1.83. The van der Waals surface area contributed by atoms with E-state index in [1.54, 1.807) is 0 Å². The van der Waals surface area contributed by atoms with Crippen LogP contribution in [0.2, 0.25) is 0 Å². The summed E-state index contributed by atoms with van der Waals surface area (Å²) in [7, 11) is 0. The molecule has 0 aromatic carbocycles. The summed E-state index contributed by atoms with van der Waals surface area (Å²) in [5.41, 5.74) is 0.895. The highest BCUT2D eigenvalue weighted by Crippen LogP contribution is 1.92. The fraction of sp³-hybridized carbons (Fsp3) is 0.429. The molecule has 0 fully saturated rings. The van der Waals surface area contributed by atoms with E-state index in [1.165, 1.54) is 0 Å². The lowest BCUT2D eigenvalue weighted by Crippen LogP contribution is -1.64. The average Bonchev–Trinajstić information content (AvgIpc) is 1.83. The normalized spacial score (nSPS) is 13.0. The first-order valence-corrected chi connectivity index (χ1v) is 2.78. The van der Waals surface area contributed by atoms with Crippen molar-refractivity contribution in [3.8, 4) is 0 Å². The number of hydrogen-bond donors (Lipinski definition) is 1. The molecule has 0 bridgehead atoms. The first-order chi connectivity index (χ1) is 3.81. The van der Waals surface area contributed by atoms with Crippen LogP contribution in [-0.4, -0.2) is 5.11 Å². The van der Waals surface area contributed by atoms with Crippen LogP contribution in [0.5, 0.6) is 0 Å². The van der Waals surface area contributed by atoms with E-state index in [-0.39, 0.29) is 0 Å². The lowest BCUT2D eigenvalue weighted by molar-refractivity contribution is 0.469. The summed E-state index contributed by atoms with van der Waals surface area (Å²) in [6, 6.07) is 0. The fourth-order valence-corrected chi connectivity index (χ4v) is 0.347. The van der Waals surface area contributed by atoms with Gasteiger partial charge in [-0.2, -0.15) is 0 Å². The zero-order chi connectivity index (χ0) is 6.41. The molecule has 46 valence electrons. The Morgan fingerprint density at radius 1 is 1.62 bits per heavy atom.